The van der Waals surface area contributed by atoms with Gasteiger partial charge >= 0.3 is 5.69 Å². The maximum Gasteiger partial charge on any atom is 0.330 e. The van der Waals surface area contributed by atoms with Crippen LogP contribution in [0.5, 0.6) is 0 Å². The molecule has 3 N–H and O–H groups in total. The highest BCUT2D eigenvalue weighted by atomic mass is 16.5. The lowest BCUT2D eigenvalue weighted by Crippen LogP contribution is -2.33. The summed E-state index contributed by atoms with van der Waals surface area (Å²) >= 11 is 0. The van der Waals surface area contributed by atoms with Gasteiger partial charge in [-0.25, -0.2) is 4.79 Å². The molecule has 0 bridgehead atoms. The molecule has 0 aliphatic carbocycles. The minimum Gasteiger partial charge on any atom is -0.394 e. The number of nitrogens with one attached hydrogen (secondary N) is 1. The summed E-state index contributed by atoms with van der Waals surface area (Å²) in [6.45, 7) is 1.26. The van der Waals surface area contributed by atoms with E-state index in [1.807, 2.05) is 0 Å². The zero-order chi connectivity index (χ0) is 12.6. The van der Waals surface area contributed by atoms with Crippen molar-refractivity contribution in [3.05, 3.63) is 32.6 Å². The smallest absolute Gasteiger partial charge is 0.330 e. The fraction of sp³-hybridized carbons (Fsp3) is 0.600. The summed E-state index contributed by atoms with van der Waals surface area (Å²) in [6.07, 6.45) is -0.581. The van der Waals surface area contributed by atoms with Crippen LogP contribution in [0, 0.1) is 6.92 Å². The van der Waals surface area contributed by atoms with E-state index in [0.717, 1.165) is 0 Å². The second kappa shape index (κ2) is 4.44. The Hall–Kier alpha value is -1.44. The molecule has 1 aromatic heterocycles. The van der Waals surface area contributed by atoms with Crippen molar-refractivity contribution in [3.63, 3.8) is 0 Å². The number of nitrogens with zero attached hydrogens (tertiary/aromatic N) is 1. The molecular formula is C10H14N2O5. The van der Waals surface area contributed by atoms with E-state index in [4.69, 9.17) is 9.84 Å². The lowest BCUT2D eigenvalue weighted by molar-refractivity contribution is -0.0459. The van der Waals surface area contributed by atoms with Gasteiger partial charge in [-0.15, -0.1) is 0 Å². The number of aryl methyl sites for hydroxylation is 1. The number of H-pyrrole nitrogens is 1. The third-order valence-corrected chi connectivity index (χ3v) is 2.84. The van der Waals surface area contributed by atoms with E-state index in [1.54, 1.807) is 6.92 Å². The number of rotatable bonds is 2. The number of aliphatic hydroxyl groups is 2. The van der Waals surface area contributed by atoms with Crippen molar-refractivity contribution in [2.24, 2.45) is 0 Å². The van der Waals surface area contributed by atoms with Crippen molar-refractivity contribution < 1.29 is 14.9 Å². The van der Waals surface area contributed by atoms with Crippen molar-refractivity contribution in [2.45, 2.75) is 31.8 Å². The monoisotopic (exact) mass is 242 g/mol. The largest absolute Gasteiger partial charge is 0.394 e. The lowest BCUT2D eigenvalue weighted by Gasteiger charge is -2.14. The van der Waals surface area contributed by atoms with Gasteiger partial charge in [0.25, 0.3) is 5.56 Å². The molecule has 1 saturated heterocycles. The highest BCUT2D eigenvalue weighted by molar-refractivity contribution is 5.02. The molecule has 1 aliphatic heterocycles. The van der Waals surface area contributed by atoms with Gasteiger partial charge in [0.2, 0.25) is 0 Å². The minimum absolute atomic E-state index is 0.205. The fourth-order valence-electron chi connectivity index (χ4n) is 1.85. The van der Waals surface area contributed by atoms with Crippen molar-refractivity contribution in [1.29, 1.82) is 0 Å². The maximum atomic E-state index is 11.6. The fourth-order valence-corrected chi connectivity index (χ4v) is 1.85. The van der Waals surface area contributed by atoms with Crippen molar-refractivity contribution in [1.82, 2.24) is 9.55 Å². The number of hydrogen-bond donors (Lipinski definition) is 3. The highest BCUT2D eigenvalue weighted by Crippen LogP contribution is 2.27. The van der Waals surface area contributed by atoms with Gasteiger partial charge in [0.1, 0.15) is 12.3 Å². The number of hydrogen-bond acceptors (Lipinski definition) is 5. The molecule has 0 aromatic carbocycles. The predicted octanol–water partition coefficient (Wildman–Crippen LogP) is -1.51. The Morgan fingerprint density at radius 2 is 2.29 bits per heavy atom. The first-order valence-corrected chi connectivity index (χ1v) is 5.29. The van der Waals surface area contributed by atoms with E-state index in [-0.39, 0.29) is 13.0 Å². The zero-order valence-corrected chi connectivity index (χ0v) is 9.29. The molecule has 1 fully saturated rings. The van der Waals surface area contributed by atoms with E-state index < -0.39 is 29.7 Å². The Morgan fingerprint density at radius 1 is 1.59 bits per heavy atom. The molecule has 2 unspecified atom stereocenters. The molecule has 2 rings (SSSR count). The first kappa shape index (κ1) is 12.0. The van der Waals surface area contributed by atoms with Gasteiger partial charge < -0.3 is 14.9 Å². The van der Waals surface area contributed by atoms with E-state index in [9.17, 15) is 14.7 Å². The second-order valence-corrected chi connectivity index (χ2v) is 4.09. The van der Waals surface area contributed by atoms with Crippen LogP contribution in [0.25, 0.3) is 0 Å². The molecule has 2 heterocycles. The van der Waals surface area contributed by atoms with Gasteiger partial charge in [-0.2, -0.15) is 0 Å². The number of aliphatic hydroxyl groups excluding tert-OH is 2. The Bertz CT molecular complexity index is 520. The van der Waals surface area contributed by atoms with Gasteiger partial charge in [0, 0.05) is 18.2 Å². The maximum absolute atomic E-state index is 11.6. The lowest BCUT2D eigenvalue weighted by atomic mass is 10.2. The number of ether oxygens (including phenoxy) is 1. The molecule has 3 atom stereocenters. The topological polar surface area (TPSA) is 105 Å². The van der Waals surface area contributed by atoms with E-state index in [1.165, 1.54) is 10.8 Å². The molecule has 1 aromatic rings. The molecule has 1 aliphatic rings. The van der Waals surface area contributed by atoms with E-state index in [0.29, 0.717) is 5.56 Å². The minimum atomic E-state index is -0.816. The second-order valence-electron chi connectivity index (χ2n) is 4.09. The van der Waals surface area contributed by atoms with Crippen molar-refractivity contribution in [3.8, 4) is 0 Å². The Balaban J connectivity index is 2.34. The summed E-state index contributed by atoms with van der Waals surface area (Å²) < 4.78 is 6.54. The zero-order valence-electron chi connectivity index (χ0n) is 9.29. The Kier molecular flexibility index (Phi) is 3.14. The normalized spacial score (nSPS) is 28.5. The summed E-state index contributed by atoms with van der Waals surface area (Å²) in [5.41, 5.74) is -0.643. The Morgan fingerprint density at radius 3 is 2.88 bits per heavy atom. The summed E-state index contributed by atoms with van der Waals surface area (Å²) in [5.74, 6) is 0. The average Bonchev–Trinajstić information content (AvgIpc) is 2.65. The van der Waals surface area contributed by atoms with Gasteiger partial charge in [0.15, 0.2) is 0 Å². The van der Waals surface area contributed by atoms with Crippen molar-refractivity contribution >= 4 is 0 Å². The molecule has 0 radical (unpaired) electrons. The van der Waals surface area contributed by atoms with Gasteiger partial charge in [-0.3, -0.25) is 14.3 Å². The standard InChI is InChI=1S/C10H14N2O5/c1-5-3-12(10(16)11-9(5)15)8-2-6(14)7(4-13)17-8/h3,6-8,13-14H,2,4H2,1H3,(H,11,15,16)/t6-,7?,8?/m0/s1. The molecule has 7 heteroatoms. The first-order valence-electron chi connectivity index (χ1n) is 5.29. The third-order valence-electron chi connectivity index (χ3n) is 2.84. The highest BCUT2D eigenvalue weighted by Gasteiger charge is 2.34. The van der Waals surface area contributed by atoms with Crippen molar-refractivity contribution in [2.75, 3.05) is 6.61 Å². The van der Waals surface area contributed by atoms with Crippen LogP contribution in [0.3, 0.4) is 0 Å². The van der Waals surface area contributed by atoms with Crippen LogP contribution < -0.4 is 11.2 Å². The van der Waals surface area contributed by atoms with Crippen LogP contribution in [0.4, 0.5) is 0 Å². The van der Waals surface area contributed by atoms with E-state index >= 15 is 0 Å². The molecule has 17 heavy (non-hydrogen) atoms. The molecule has 94 valence electrons. The molecule has 0 amide bonds. The van der Waals surface area contributed by atoms with Crippen LogP contribution in [-0.2, 0) is 4.74 Å². The van der Waals surface area contributed by atoms with Crippen LogP contribution in [0.2, 0.25) is 0 Å². The Labute approximate surface area is 96.3 Å². The SMILES string of the molecule is Cc1cn(C2C[C@H](O)C(CO)O2)c(=O)[nH]c1=O. The van der Waals surface area contributed by atoms with Crippen LogP contribution in [0.15, 0.2) is 15.8 Å². The van der Waals surface area contributed by atoms with Gasteiger partial charge in [-0.1, -0.05) is 0 Å². The average molecular weight is 242 g/mol. The van der Waals surface area contributed by atoms with Gasteiger partial charge in [-0.05, 0) is 6.92 Å². The molecule has 0 saturated carbocycles. The summed E-state index contributed by atoms with van der Waals surface area (Å²) in [5, 5.41) is 18.5. The van der Waals surface area contributed by atoms with Crippen LogP contribution in [-0.4, -0.2) is 38.6 Å². The summed E-state index contributed by atoms with van der Waals surface area (Å²) in [6, 6.07) is 0. The van der Waals surface area contributed by atoms with Crippen LogP contribution in [0.1, 0.15) is 18.2 Å². The van der Waals surface area contributed by atoms with E-state index in [2.05, 4.69) is 4.98 Å². The molecule has 0 spiro atoms. The molecular weight excluding hydrogens is 228 g/mol. The quantitative estimate of drug-likeness (QED) is 0.584. The summed E-state index contributed by atoms with van der Waals surface area (Å²) in [7, 11) is 0. The third kappa shape index (κ3) is 2.17. The van der Waals surface area contributed by atoms with Gasteiger partial charge in [0.05, 0.1) is 12.7 Å². The molecule has 7 nitrogen and oxygen atoms in total. The van der Waals surface area contributed by atoms with Crippen LogP contribution >= 0.6 is 0 Å². The first-order chi connectivity index (χ1) is 8.02. The number of aromatic amines is 1. The number of aromatic nitrogens is 2. The predicted molar refractivity (Wildman–Crippen MR) is 57.7 cm³/mol. The summed E-state index contributed by atoms with van der Waals surface area (Å²) in [4.78, 5) is 24.9.